The van der Waals surface area contributed by atoms with E-state index in [2.05, 4.69) is 4.98 Å². The lowest BCUT2D eigenvalue weighted by Crippen LogP contribution is -2.23. The molecule has 1 heterocycles. The van der Waals surface area contributed by atoms with Crippen molar-refractivity contribution in [2.24, 2.45) is 0 Å². The first-order valence-corrected chi connectivity index (χ1v) is 6.63. The van der Waals surface area contributed by atoms with Crippen LogP contribution in [0.4, 0.5) is 0 Å². The van der Waals surface area contributed by atoms with Crippen LogP contribution in [0.15, 0.2) is 18.3 Å². The highest BCUT2D eigenvalue weighted by Crippen LogP contribution is 2.10. The van der Waals surface area contributed by atoms with Crippen molar-refractivity contribution in [2.45, 2.75) is 26.4 Å². The van der Waals surface area contributed by atoms with Gasteiger partial charge in [-0.05, 0) is 32.9 Å². The largest absolute Gasteiger partial charge is 0.455 e. The molecule has 2 N–H and O–H groups in total. The van der Waals surface area contributed by atoms with Crippen LogP contribution in [0.5, 0.6) is 0 Å². The predicted octanol–water partition coefficient (Wildman–Crippen LogP) is 1.47. The second kappa shape index (κ2) is 5.83. The van der Waals surface area contributed by atoms with Gasteiger partial charge < -0.3 is 9.72 Å². The number of aromatic amines is 1. The Labute approximate surface area is 101 Å². The Morgan fingerprint density at radius 2 is 1.88 bits per heavy atom. The van der Waals surface area contributed by atoms with Gasteiger partial charge in [0.1, 0.15) is 11.3 Å². The summed E-state index contributed by atoms with van der Waals surface area (Å²) in [5, 5.41) is 0. The molecular formula is C10H17NO5S. The number of H-pyrrole nitrogens is 1. The van der Waals surface area contributed by atoms with E-state index in [9.17, 15) is 13.2 Å². The second-order valence-electron chi connectivity index (χ2n) is 4.32. The fourth-order valence-electron chi connectivity index (χ4n) is 0.790. The molecule has 6 nitrogen and oxygen atoms in total. The third kappa shape index (κ3) is 10.9. The van der Waals surface area contributed by atoms with Crippen LogP contribution in [0.1, 0.15) is 31.3 Å². The van der Waals surface area contributed by atoms with Crippen molar-refractivity contribution >= 4 is 16.1 Å². The zero-order chi connectivity index (χ0) is 13.7. The molecule has 0 radical (unpaired) electrons. The van der Waals surface area contributed by atoms with E-state index in [1.54, 1.807) is 18.3 Å². The van der Waals surface area contributed by atoms with E-state index in [0.29, 0.717) is 11.9 Å². The van der Waals surface area contributed by atoms with Gasteiger partial charge in [0.2, 0.25) is 0 Å². The minimum absolute atomic E-state index is 0.312. The Morgan fingerprint density at radius 1 is 1.41 bits per heavy atom. The van der Waals surface area contributed by atoms with Crippen LogP contribution in [-0.2, 0) is 14.9 Å². The minimum Gasteiger partial charge on any atom is -0.455 e. The number of carbonyl (C=O) groups is 1. The maximum absolute atomic E-state index is 11.3. The van der Waals surface area contributed by atoms with Crippen molar-refractivity contribution in [1.82, 2.24) is 4.98 Å². The smallest absolute Gasteiger partial charge is 0.355 e. The summed E-state index contributed by atoms with van der Waals surface area (Å²) in [4.78, 5) is 14.1. The van der Waals surface area contributed by atoms with Gasteiger partial charge in [-0.25, -0.2) is 4.79 Å². The summed E-state index contributed by atoms with van der Waals surface area (Å²) in [5.74, 6) is -0.312. The molecule has 1 aromatic heterocycles. The molecule has 0 atom stereocenters. The van der Waals surface area contributed by atoms with Crippen LogP contribution in [0.2, 0.25) is 0 Å². The van der Waals surface area contributed by atoms with E-state index in [0.717, 1.165) is 0 Å². The summed E-state index contributed by atoms with van der Waals surface area (Å²) in [7, 11) is -3.67. The highest BCUT2D eigenvalue weighted by Gasteiger charge is 2.17. The molecule has 98 valence electrons. The zero-order valence-electron chi connectivity index (χ0n) is 10.2. The van der Waals surface area contributed by atoms with E-state index >= 15 is 0 Å². The maximum Gasteiger partial charge on any atom is 0.355 e. The van der Waals surface area contributed by atoms with Gasteiger partial charge in [-0.2, -0.15) is 8.42 Å². The molecule has 1 rings (SSSR count). The lowest BCUT2D eigenvalue weighted by molar-refractivity contribution is 0.00636. The lowest BCUT2D eigenvalue weighted by atomic mass is 10.2. The molecule has 0 fully saturated rings. The van der Waals surface area contributed by atoms with Crippen molar-refractivity contribution in [3.63, 3.8) is 0 Å². The number of aromatic nitrogens is 1. The van der Waals surface area contributed by atoms with E-state index in [1.807, 2.05) is 20.8 Å². The van der Waals surface area contributed by atoms with E-state index < -0.39 is 15.7 Å². The summed E-state index contributed by atoms with van der Waals surface area (Å²) < 4.78 is 31.0. The molecule has 0 aliphatic carbocycles. The molecule has 0 aromatic carbocycles. The molecule has 0 aliphatic heterocycles. The third-order valence-electron chi connectivity index (χ3n) is 1.22. The van der Waals surface area contributed by atoms with Crippen molar-refractivity contribution < 1.29 is 22.5 Å². The van der Waals surface area contributed by atoms with Crippen LogP contribution >= 0.6 is 0 Å². The lowest BCUT2D eigenvalue weighted by Gasteiger charge is -2.18. The summed E-state index contributed by atoms with van der Waals surface area (Å²) >= 11 is 0. The molecule has 0 unspecified atom stereocenters. The number of nitrogens with one attached hydrogen (secondary N) is 1. The average Bonchev–Trinajstić information content (AvgIpc) is 2.47. The van der Waals surface area contributed by atoms with Gasteiger partial charge >= 0.3 is 5.97 Å². The predicted molar refractivity (Wildman–Crippen MR) is 63.4 cm³/mol. The van der Waals surface area contributed by atoms with Gasteiger partial charge in [-0.15, -0.1) is 0 Å². The molecule has 0 amide bonds. The van der Waals surface area contributed by atoms with Gasteiger partial charge in [0, 0.05) is 6.20 Å². The number of carbonyl (C=O) groups excluding carboxylic acids is 1. The van der Waals surface area contributed by atoms with E-state index in [-0.39, 0.29) is 5.97 Å². The monoisotopic (exact) mass is 263 g/mol. The van der Waals surface area contributed by atoms with Crippen molar-refractivity contribution in [3.05, 3.63) is 24.0 Å². The highest BCUT2D eigenvalue weighted by molar-refractivity contribution is 7.85. The van der Waals surface area contributed by atoms with Crippen LogP contribution in [-0.4, -0.2) is 35.8 Å². The highest BCUT2D eigenvalue weighted by atomic mass is 32.2. The Bertz CT molecular complexity index is 434. The fraction of sp³-hybridized carbons (Fsp3) is 0.500. The molecule has 0 bridgehead atoms. The van der Waals surface area contributed by atoms with Crippen LogP contribution in [0.3, 0.4) is 0 Å². The maximum atomic E-state index is 11.3. The molecule has 0 saturated heterocycles. The summed E-state index contributed by atoms with van der Waals surface area (Å²) in [5.41, 5.74) is 0.0623. The van der Waals surface area contributed by atoms with Gasteiger partial charge in [0.05, 0.1) is 6.26 Å². The molecule has 1 aromatic rings. The molecule has 0 saturated carbocycles. The number of hydrogen-bond acceptors (Lipinski definition) is 4. The first-order chi connectivity index (χ1) is 7.49. The fourth-order valence-corrected chi connectivity index (χ4v) is 0.790. The Balaban J connectivity index is 0.000000437. The Hall–Kier alpha value is -1.34. The summed E-state index contributed by atoms with van der Waals surface area (Å²) in [6.45, 7) is 5.52. The summed E-state index contributed by atoms with van der Waals surface area (Å²) in [6.07, 6.45) is 2.41. The quantitative estimate of drug-likeness (QED) is 0.591. The first-order valence-electron chi connectivity index (χ1n) is 4.78. The standard InChI is InChI=1S/C9H13NO2.CH4O3S/c1-9(2,3)12-8(11)7-5-4-6-10-7;1-5(2,3)4/h4-6,10H,1-3H3;1H3,(H,2,3,4). The number of hydrogen-bond donors (Lipinski definition) is 2. The SMILES string of the molecule is CC(C)(C)OC(=O)c1ccc[nH]1.CS(=O)(=O)O. The van der Waals surface area contributed by atoms with Crippen molar-refractivity contribution in [1.29, 1.82) is 0 Å². The van der Waals surface area contributed by atoms with Crippen LogP contribution in [0.25, 0.3) is 0 Å². The number of rotatable bonds is 1. The van der Waals surface area contributed by atoms with Crippen molar-refractivity contribution in [3.8, 4) is 0 Å². The zero-order valence-corrected chi connectivity index (χ0v) is 11.0. The van der Waals surface area contributed by atoms with E-state index in [1.165, 1.54) is 0 Å². The van der Waals surface area contributed by atoms with Crippen LogP contribution < -0.4 is 0 Å². The second-order valence-corrected chi connectivity index (χ2v) is 5.78. The molecular weight excluding hydrogens is 246 g/mol. The van der Waals surface area contributed by atoms with E-state index in [4.69, 9.17) is 9.29 Å². The Kier molecular flexibility index (Phi) is 5.37. The third-order valence-corrected chi connectivity index (χ3v) is 1.22. The van der Waals surface area contributed by atoms with Gasteiger partial charge in [-0.3, -0.25) is 4.55 Å². The Morgan fingerprint density at radius 3 is 2.18 bits per heavy atom. The van der Waals surface area contributed by atoms with Gasteiger partial charge in [-0.1, -0.05) is 0 Å². The number of esters is 1. The van der Waals surface area contributed by atoms with Gasteiger partial charge in [0.15, 0.2) is 0 Å². The van der Waals surface area contributed by atoms with Crippen LogP contribution in [0, 0.1) is 0 Å². The van der Waals surface area contributed by atoms with Gasteiger partial charge in [0.25, 0.3) is 10.1 Å². The topological polar surface area (TPSA) is 96.5 Å². The molecule has 7 heteroatoms. The normalized spacial score (nSPS) is 11.4. The van der Waals surface area contributed by atoms with Crippen molar-refractivity contribution in [2.75, 3.05) is 6.26 Å². The molecule has 17 heavy (non-hydrogen) atoms. The number of ether oxygens (including phenoxy) is 1. The minimum atomic E-state index is -3.67. The average molecular weight is 263 g/mol. The first kappa shape index (κ1) is 15.7. The molecule has 0 aliphatic rings. The molecule has 0 spiro atoms. The summed E-state index contributed by atoms with van der Waals surface area (Å²) in [6, 6.07) is 3.45.